The molecule has 0 unspecified atom stereocenters. The maximum Gasteiger partial charge on any atom is 0.328 e. The zero-order valence-electron chi connectivity index (χ0n) is 15.4. The van der Waals surface area contributed by atoms with Crippen molar-refractivity contribution in [1.29, 1.82) is 0 Å². The Morgan fingerprint density at radius 3 is 2.24 bits per heavy atom. The topological polar surface area (TPSA) is 70.7 Å². The zero-order chi connectivity index (χ0) is 19.0. The molecule has 7 heteroatoms. The summed E-state index contributed by atoms with van der Waals surface area (Å²) in [5.41, 5.74) is 0.952. The highest BCUT2D eigenvalue weighted by atomic mass is 32.1. The van der Waals surface area contributed by atoms with Crippen LogP contribution in [-0.2, 0) is 14.3 Å². The molecule has 1 aromatic carbocycles. The molecule has 0 bridgehead atoms. The molecule has 0 saturated carbocycles. The fraction of sp³-hybridized carbons (Fsp3) is 0.500. The minimum atomic E-state index is -0.717. The van der Waals surface area contributed by atoms with E-state index >= 15 is 0 Å². The Balaban J connectivity index is 2.84. The smallest absolute Gasteiger partial charge is 0.328 e. The second kappa shape index (κ2) is 9.98. The van der Waals surface area contributed by atoms with Crippen LogP contribution in [0.5, 0.6) is 0 Å². The van der Waals surface area contributed by atoms with Crippen molar-refractivity contribution in [2.45, 2.75) is 39.8 Å². The summed E-state index contributed by atoms with van der Waals surface area (Å²) in [6.07, 6.45) is 0. The highest BCUT2D eigenvalue weighted by Gasteiger charge is 2.27. The number of hydrogen-bond acceptors (Lipinski definition) is 4. The van der Waals surface area contributed by atoms with E-state index < -0.39 is 18.1 Å². The molecule has 0 aliphatic heterocycles. The van der Waals surface area contributed by atoms with Gasteiger partial charge in [-0.25, -0.2) is 4.79 Å². The molecule has 6 nitrogen and oxygen atoms in total. The van der Waals surface area contributed by atoms with Crippen LogP contribution in [-0.4, -0.2) is 42.7 Å². The summed E-state index contributed by atoms with van der Waals surface area (Å²) in [6.45, 7) is 8.08. The zero-order valence-corrected chi connectivity index (χ0v) is 16.2. The molecule has 0 aliphatic carbocycles. The Kier molecular flexibility index (Phi) is 8.34. The van der Waals surface area contributed by atoms with Gasteiger partial charge in [0.25, 0.3) is 0 Å². The minimum Gasteiger partial charge on any atom is -0.467 e. The number of methoxy groups -OCH3 is 1. The van der Waals surface area contributed by atoms with E-state index in [1.807, 2.05) is 56.0 Å². The molecule has 138 valence electrons. The van der Waals surface area contributed by atoms with Crippen LogP contribution in [0.25, 0.3) is 0 Å². The number of anilines is 1. The van der Waals surface area contributed by atoms with Crippen LogP contribution in [0.3, 0.4) is 0 Å². The van der Waals surface area contributed by atoms with Gasteiger partial charge in [-0.05, 0) is 44.1 Å². The molecule has 25 heavy (non-hydrogen) atoms. The van der Waals surface area contributed by atoms with Gasteiger partial charge in [0.2, 0.25) is 5.91 Å². The normalized spacial score (nSPS) is 12.9. The maximum absolute atomic E-state index is 12.5. The van der Waals surface area contributed by atoms with Crippen LogP contribution in [0.1, 0.15) is 27.7 Å². The average molecular weight is 365 g/mol. The lowest BCUT2D eigenvalue weighted by atomic mass is 10.0. The van der Waals surface area contributed by atoms with Crippen molar-refractivity contribution in [3.05, 3.63) is 30.3 Å². The number of thiocarbonyl (C=S) groups is 1. The number of nitrogens with one attached hydrogen (secondary N) is 2. The quantitative estimate of drug-likeness (QED) is 0.570. The maximum atomic E-state index is 12.5. The molecule has 2 atom stereocenters. The standard InChI is InChI=1S/C18H27N3O3S/c1-6-21(14-10-8-7-9-11-14)18(25)20-15(12(2)3)16(22)19-13(4)17(23)24-5/h7-13,15H,6H2,1-5H3,(H,19,22)(H,20,25)/t13-,15-/m0/s1. The monoisotopic (exact) mass is 365 g/mol. The first-order chi connectivity index (χ1) is 11.8. The minimum absolute atomic E-state index is 0.0164. The predicted octanol–water partition coefficient (Wildman–Crippen LogP) is 2.09. The number of esters is 1. The highest BCUT2D eigenvalue weighted by molar-refractivity contribution is 7.80. The van der Waals surface area contributed by atoms with Gasteiger partial charge in [-0.3, -0.25) is 4.79 Å². The molecule has 0 radical (unpaired) electrons. The molecule has 0 aromatic heterocycles. The third-order valence-electron chi connectivity index (χ3n) is 3.77. The van der Waals surface area contributed by atoms with Crippen molar-refractivity contribution >= 4 is 34.9 Å². The number of amides is 1. The number of carbonyl (C=O) groups is 2. The van der Waals surface area contributed by atoms with E-state index in [0.717, 1.165) is 5.69 Å². The largest absolute Gasteiger partial charge is 0.467 e. The molecule has 2 N–H and O–H groups in total. The third-order valence-corrected chi connectivity index (χ3v) is 4.11. The van der Waals surface area contributed by atoms with Crippen molar-refractivity contribution in [2.75, 3.05) is 18.6 Å². The first-order valence-electron chi connectivity index (χ1n) is 8.33. The molecule has 1 amide bonds. The van der Waals surface area contributed by atoms with Crippen LogP contribution in [0.2, 0.25) is 0 Å². The number of ether oxygens (including phenoxy) is 1. The molecular formula is C18H27N3O3S. The summed E-state index contributed by atoms with van der Waals surface area (Å²) in [4.78, 5) is 26.0. The van der Waals surface area contributed by atoms with E-state index in [2.05, 4.69) is 15.4 Å². The first-order valence-corrected chi connectivity index (χ1v) is 8.73. The Bertz CT molecular complexity index is 592. The molecule has 0 fully saturated rings. The summed E-state index contributed by atoms with van der Waals surface area (Å²) in [7, 11) is 1.29. The summed E-state index contributed by atoms with van der Waals surface area (Å²) in [5, 5.41) is 6.25. The molecule has 0 aliphatic rings. The second-order valence-corrected chi connectivity index (χ2v) is 6.39. The SMILES string of the molecule is CCN(C(=S)N[C@H](C(=O)N[C@@H](C)C(=O)OC)C(C)C)c1ccccc1. The lowest BCUT2D eigenvalue weighted by Gasteiger charge is -2.30. The molecular weight excluding hydrogens is 338 g/mol. The molecule has 0 saturated heterocycles. The Labute approximate surface area is 154 Å². The number of benzene rings is 1. The van der Waals surface area contributed by atoms with E-state index in [1.54, 1.807) is 6.92 Å². The van der Waals surface area contributed by atoms with E-state index in [0.29, 0.717) is 11.7 Å². The van der Waals surface area contributed by atoms with Crippen LogP contribution in [0.15, 0.2) is 30.3 Å². The first kappa shape index (κ1) is 20.9. The number of nitrogens with zero attached hydrogens (tertiary/aromatic N) is 1. The van der Waals surface area contributed by atoms with Crippen molar-refractivity contribution in [3.8, 4) is 0 Å². The van der Waals surface area contributed by atoms with E-state index in [-0.39, 0.29) is 11.8 Å². The van der Waals surface area contributed by atoms with E-state index in [1.165, 1.54) is 7.11 Å². The summed E-state index contributed by atoms with van der Waals surface area (Å²) >= 11 is 5.50. The van der Waals surface area contributed by atoms with Crippen molar-refractivity contribution < 1.29 is 14.3 Å². The fourth-order valence-electron chi connectivity index (χ4n) is 2.34. The summed E-state index contributed by atoms with van der Waals surface area (Å²) < 4.78 is 4.64. The molecule has 0 heterocycles. The van der Waals surface area contributed by atoms with Crippen molar-refractivity contribution in [1.82, 2.24) is 10.6 Å². The van der Waals surface area contributed by atoms with Crippen molar-refractivity contribution in [2.24, 2.45) is 5.92 Å². The van der Waals surface area contributed by atoms with E-state index in [4.69, 9.17) is 12.2 Å². The van der Waals surface area contributed by atoms with E-state index in [9.17, 15) is 9.59 Å². The van der Waals surface area contributed by atoms with Crippen LogP contribution >= 0.6 is 12.2 Å². The van der Waals surface area contributed by atoms with Gasteiger partial charge in [-0.2, -0.15) is 0 Å². The van der Waals surface area contributed by atoms with Gasteiger partial charge in [-0.1, -0.05) is 32.0 Å². The molecule has 1 aromatic rings. The van der Waals surface area contributed by atoms with Crippen molar-refractivity contribution in [3.63, 3.8) is 0 Å². The fourth-order valence-corrected chi connectivity index (χ4v) is 2.70. The van der Waals surface area contributed by atoms with Gasteiger partial charge in [0.15, 0.2) is 5.11 Å². The molecule has 1 rings (SSSR count). The number of hydrogen-bond donors (Lipinski definition) is 2. The van der Waals surface area contributed by atoms with Crippen LogP contribution in [0.4, 0.5) is 5.69 Å². The Hall–Kier alpha value is -2.15. The lowest BCUT2D eigenvalue weighted by Crippen LogP contribution is -2.55. The van der Waals surface area contributed by atoms with Gasteiger partial charge in [0.1, 0.15) is 12.1 Å². The highest BCUT2D eigenvalue weighted by Crippen LogP contribution is 2.14. The van der Waals surface area contributed by atoms with Gasteiger partial charge >= 0.3 is 5.97 Å². The van der Waals surface area contributed by atoms with Gasteiger partial charge < -0.3 is 20.3 Å². The number of para-hydroxylation sites is 1. The Morgan fingerprint density at radius 1 is 1.16 bits per heavy atom. The number of rotatable bonds is 7. The molecule has 0 spiro atoms. The lowest BCUT2D eigenvalue weighted by molar-refractivity contribution is -0.144. The van der Waals surface area contributed by atoms with Gasteiger partial charge in [0, 0.05) is 12.2 Å². The Morgan fingerprint density at radius 2 is 1.76 bits per heavy atom. The van der Waals surface area contributed by atoms with Gasteiger partial charge in [0.05, 0.1) is 7.11 Å². The third kappa shape index (κ3) is 6.01. The average Bonchev–Trinajstić information content (AvgIpc) is 2.59. The predicted molar refractivity (Wildman–Crippen MR) is 103 cm³/mol. The van der Waals surface area contributed by atoms with Crippen LogP contribution in [0, 0.1) is 5.92 Å². The van der Waals surface area contributed by atoms with Crippen LogP contribution < -0.4 is 15.5 Å². The second-order valence-electron chi connectivity index (χ2n) is 6.00. The van der Waals surface area contributed by atoms with Gasteiger partial charge in [-0.15, -0.1) is 0 Å². The summed E-state index contributed by atoms with van der Waals surface area (Å²) in [6, 6.07) is 8.45. The summed E-state index contributed by atoms with van der Waals surface area (Å²) in [5.74, 6) is -0.797. The number of carbonyl (C=O) groups excluding carboxylic acids is 2.